The van der Waals surface area contributed by atoms with Gasteiger partial charge in [-0.1, -0.05) is 20.3 Å². The van der Waals surface area contributed by atoms with E-state index < -0.39 is 0 Å². The molecule has 114 valence electrons. The molecular formula is C17H31N3. The average molecular weight is 277 g/mol. The molecule has 1 saturated heterocycles. The van der Waals surface area contributed by atoms with Crippen molar-refractivity contribution in [3.8, 4) is 0 Å². The Morgan fingerprint density at radius 3 is 2.90 bits per heavy atom. The Morgan fingerprint density at radius 2 is 2.20 bits per heavy atom. The normalized spacial score (nSPS) is 22.1. The van der Waals surface area contributed by atoms with Gasteiger partial charge in [-0.25, -0.2) is 0 Å². The number of nitrogens with one attached hydrogen (secondary N) is 1. The zero-order valence-corrected chi connectivity index (χ0v) is 13.4. The van der Waals surface area contributed by atoms with Crippen molar-refractivity contribution >= 4 is 0 Å². The summed E-state index contributed by atoms with van der Waals surface area (Å²) in [6.07, 6.45) is 11.2. The molecule has 2 unspecified atom stereocenters. The third-order valence-corrected chi connectivity index (χ3v) is 4.68. The monoisotopic (exact) mass is 277 g/mol. The van der Waals surface area contributed by atoms with Crippen LogP contribution in [0.25, 0.3) is 0 Å². The third-order valence-electron chi connectivity index (χ3n) is 4.68. The van der Waals surface area contributed by atoms with Crippen LogP contribution in [0.2, 0.25) is 0 Å². The fraction of sp³-hybridized carbons (Fsp3) is 0.765. The number of hydrogen-bond acceptors (Lipinski definition) is 2. The van der Waals surface area contributed by atoms with Crippen molar-refractivity contribution in [2.24, 2.45) is 0 Å². The zero-order valence-electron chi connectivity index (χ0n) is 13.4. The lowest BCUT2D eigenvalue weighted by atomic mass is 10.0. The highest BCUT2D eigenvalue weighted by Gasteiger charge is 2.18. The van der Waals surface area contributed by atoms with E-state index in [1.54, 1.807) is 0 Å². The summed E-state index contributed by atoms with van der Waals surface area (Å²) >= 11 is 0. The molecule has 1 aliphatic rings. The minimum absolute atomic E-state index is 0.513. The molecule has 1 aromatic rings. The molecule has 1 aliphatic heterocycles. The molecule has 20 heavy (non-hydrogen) atoms. The first-order chi connectivity index (χ1) is 9.74. The molecule has 0 aliphatic carbocycles. The number of piperidine rings is 1. The molecule has 1 fully saturated rings. The largest absolute Gasteiger partial charge is 0.354 e. The number of likely N-dealkylation sites (tertiary alicyclic amines) is 1. The molecule has 2 atom stereocenters. The molecule has 0 amide bonds. The lowest BCUT2D eigenvalue weighted by molar-refractivity contribution is 0.171. The van der Waals surface area contributed by atoms with E-state index in [1.807, 2.05) is 0 Å². The Labute approximate surface area is 124 Å². The molecule has 0 radical (unpaired) electrons. The van der Waals surface area contributed by atoms with Crippen LogP contribution >= 0.6 is 0 Å². The Morgan fingerprint density at radius 1 is 1.35 bits per heavy atom. The van der Waals surface area contributed by atoms with Gasteiger partial charge in [-0.2, -0.15) is 0 Å². The van der Waals surface area contributed by atoms with Crippen LogP contribution in [0.3, 0.4) is 0 Å². The fourth-order valence-corrected chi connectivity index (χ4v) is 3.36. The van der Waals surface area contributed by atoms with Crippen LogP contribution in [-0.4, -0.2) is 35.6 Å². The van der Waals surface area contributed by atoms with E-state index in [0.29, 0.717) is 6.04 Å². The van der Waals surface area contributed by atoms with Crippen molar-refractivity contribution in [2.75, 3.05) is 20.1 Å². The van der Waals surface area contributed by atoms with Crippen LogP contribution in [0.4, 0.5) is 0 Å². The molecule has 0 aromatic carbocycles. The molecular weight excluding hydrogens is 246 g/mol. The van der Waals surface area contributed by atoms with E-state index in [0.717, 1.165) is 25.6 Å². The molecule has 0 bridgehead atoms. The first kappa shape index (κ1) is 15.6. The molecule has 0 saturated carbocycles. The van der Waals surface area contributed by atoms with Gasteiger partial charge in [0.2, 0.25) is 0 Å². The van der Waals surface area contributed by atoms with Gasteiger partial charge in [0.05, 0.1) is 0 Å². The molecule has 2 heterocycles. The highest BCUT2D eigenvalue weighted by atomic mass is 15.1. The maximum Gasteiger partial charge on any atom is 0.0332 e. The number of hydrogen-bond donors (Lipinski definition) is 1. The van der Waals surface area contributed by atoms with Crippen LogP contribution in [0, 0.1) is 0 Å². The SMILES string of the molecule is CCNC(CC)c1ccn(CCC2CCCCN2C)c1. The highest BCUT2D eigenvalue weighted by Crippen LogP contribution is 2.20. The molecule has 2 rings (SSSR count). The fourth-order valence-electron chi connectivity index (χ4n) is 3.36. The van der Waals surface area contributed by atoms with E-state index in [4.69, 9.17) is 0 Å². The standard InChI is InChI=1S/C17H31N3/c1-4-17(18-5-2)15-9-12-20(14-15)13-10-16-8-6-7-11-19(16)3/h9,12,14,16-18H,4-8,10-11,13H2,1-3H3. The maximum absolute atomic E-state index is 3.55. The van der Waals surface area contributed by atoms with Gasteiger partial charge < -0.3 is 14.8 Å². The number of aryl methyl sites for hydroxylation is 1. The van der Waals surface area contributed by atoms with Gasteiger partial charge in [0.1, 0.15) is 0 Å². The Kier molecular flexibility index (Phi) is 6.11. The minimum atomic E-state index is 0.513. The third kappa shape index (κ3) is 4.10. The molecule has 1 N–H and O–H groups in total. The number of aromatic nitrogens is 1. The summed E-state index contributed by atoms with van der Waals surface area (Å²) in [5.74, 6) is 0. The summed E-state index contributed by atoms with van der Waals surface area (Å²) in [4.78, 5) is 2.54. The van der Waals surface area contributed by atoms with Gasteiger partial charge in [-0.15, -0.1) is 0 Å². The van der Waals surface area contributed by atoms with Crippen molar-refractivity contribution in [1.82, 2.24) is 14.8 Å². The van der Waals surface area contributed by atoms with Crippen molar-refractivity contribution in [3.63, 3.8) is 0 Å². The quantitative estimate of drug-likeness (QED) is 0.824. The predicted octanol–water partition coefficient (Wildman–Crippen LogP) is 3.42. The zero-order chi connectivity index (χ0) is 14.4. The summed E-state index contributed by atoms with van der Waals surface area (Å²) in [5.41, 5.74) is 1.44. The second kappa shape index (κ2) is 7.84. The number of rotatable bonds is 7. The van der Waals surface area contributed by atoms with Gasteiger partial charge in [0.25, 0.3) is 0 Å². The van der Waals surface area contributed by atoms with Crippen molar-refractivity contribution < 1.29 is 0 Å². The van der Waals surface area contributed by atoms with Crippen LogP contribution in [0.15, 0.2) is 18.5 Å². The lowest BCUT2D eigenvalue weighted by Gasteiger charge is -2.32. The van der Waals surface area contributed by atoms with Gasteiger partial charge in [-0.3, -0.25) is 0 Å². The Bertz CT molecular complexity index is 385. The summed E-state index contributed by atoms with van der Waals surface area (Å²) in [6.45, 7) is 7.90. The summed E-state index contributed by atoms with van der Waals surface area (Å²) in [7, 11) is 2.28. The highest BCUT2D eigenvalue weighted by molar-refractivity contribution is 5.15. The van der Waals surface area contributed by atoms with E-state index >= 15 is 0 Å². The van der Waals surface area contributed by atoms with Crippen LogP contribution in [0.5, 0.6) is 0 Å². The average Bonchev–Trinajstić information content (AvgIpc) is 2.92. The summed E-state index contributed by atoms with van der Waals surface area (Å²) in [6, 6.07) is 3.57. The maximum atomic E-state index is 3.55. The van der Waals surface area contributed by atoms with Gasteiger partial charge in [0, 0.05) is 31.0 Å². The summed E-state index contributed by atoms with van der Waals surface area (Å²) in [5, 5.41) is 3.55. The summed E-state index contributed by atoms with van der Waals surface area (Å²) < 4.78 is 2.37. The first-order valence-corrected chi connectivity index (χ1v) is 8.33. The predicted molar refractivity (Wildman–Crippen MR) is 86.0 cm³/mol. The van der Waals surface area contributed by atoms with Crippen LogP contribution in [0.1, 0.15) is 57.6 Å². The smallest absolute Gasteiger partial charge is 0.0332 e. The van der Waals surface area contributed by atoms with Crippen LogP contribution < -0.4 is 5.32 Å². The van der Waals surface area contributed by atoms with Crippen molar-refractivity contribution in [1.29, 1.82) is 0 Å². The topological polar surface area (TPSA) is 20.2 Å². The van der Waals surface area contributed by atoms with Crippen LogP contribution in [-0.2, 0) is 6.54 Å². The lowest BCUT2D eigenvalue weighted by Crippen LogP contribution is -2.36. The van der Waals surface area contributed by atoms with Crippen molar-refractivity contribution in [3.05, 3.63) is 24.0 Å². The Balaban J connectivity index is 1.85. The first-order valence-electron chi connectivity index (χ1n) is 8.33. The second-order valence-electron chi connectivity index (χ2n) is 6.12. The molecule has 1 aromatic heterocycles. The Hall–Kier alpha value is -0.800. The van der Waals surface area contributed by atoms with Crippen molar-refractivity contribution in [2.45, 2.75) is 64.6 Å². The van der Waals surface area contributed by atoms with Gasteiger partial charge in [0.15, 0.2) is 0 Å². The molecule has 0 spiro atoms. The van der Waals surface area contributed by atoms with E-state index in [2.05, 4.69) is 54.1 Å². The number of nitrogens with zero attached hydrogens (tertiary/aromatic N) is 2. The van der Waals surface area contributed by atoms with E-state index in [1.165, 1.54) is 37.8 Å². The molecule has 3 nitrogen and oxygen atoms in total. The minimum Gasteiger partial charge on any atom is -0.354 e. The van der Waals surface area contributed by atoms with E-state index in [-0.39, 0.29) is 0 Å². The van der Waals surface area contributed by atoms with Gasteiger partial charge in [-0.05, 0) is 57.5 Å². The van der Waals surface area contributed by atoms with Gasteiger partial charge >= 0.3 is 0 Å². The van der Waals surface area contributed by atoms with E-state index in [9.17, 15) is 0 Å². The molecule has 3 heteroatoms. The second-order valence-corrected chi connectivity index (χ2v) is 6.12.